The fourth-order valence-corrected chi connectivity index (χ4v) is 1.55. The minimum atomic E-state index is 0.641. The second kappa shape index (κ2) is 5.45. The molecule has 0 unspecified atom stereocenters. The second-order valence-electron chi connectivity index (χ2n) is 3.76. The van der Waals surface area contributed by atoms with Gasteiger partial charge in [0.15, 0.2) is 0 Å². The van der Waals surface area contributed by atoms with Crippen molar-refractivity contribution in [1.29, 1.82) is 0 Å². The van der Waals surface area contributed by atoms with E-state index in [1.54, 1.807) is 11.8 Å². The van der Waals surface area contributed by atoms with Gasteiger partial charge in [-0.3, -0.25) is 4.68 Å². The van der Waals surface area contributed by atoms with Crippen molar-refractivity contribution in [2.24, 2.45) is 7.05 Å². The molecule has 0 bridgehead atoms. The van der Waals surface area contributed by atoms with Crippen LogP contribution in [0.25, 0.3) is 0 Å². The molecule has 17 heavy (non-hydrogen) atoms. The molecule has 2 aromatic rings. The number of pyridine rings is 1. The number of nitrogens with one attached hydrogen (secondary N) is 1. The first-order chi connectivity index (χ1) is 8.28. The molecule has 2 heterocycles. The van der Waals surface area contributed by atoms with Crippen molar-refractivity contribution in [3.63, 3.8) is 0 Å². The van der Waals surface area contributed by atoms with Gasteiger partial charge in [0, 0.05) is 32.4 Å². The predicted molar refractivity (Wildman–Crippen MR) is 64.5 cm³/mol. The summed E-state index contributed by atoms with van der Waals surface area (Å²) in [5.74, 6) is 0.641. The molecule has 0 amide bonds. The Morgan fingerprint density at radius 2 is 2.06 bits per heavy atom. The molecule has 0 fully saturated rings. The Hall–Kier alpha value is -1.88. The average molecular weight is 232 g/mol. The molecule has 2 aromatic heterocycles. The first-order valence-electron chi connectivity index (χ1n) is 5.47. The van der Waals surface area contributed by atoms with E-state index in [2.05, 4.69) is 15.4 Å². The van der Waals surface area contributed by atoms with Gasteiger partial charge in [0.2, 0.25) is 5.88 Å². The molecule has 0 atom stereocenters. The molecule has 0 spiro atoms. The van der Waals surface area contributed by atoms with E-state index in [9.17, 15) is 0 Å². The van der Waals surface area contributed by atoms with Gasteiger partial charge in [0.05, 0.1) is 18.5 Å². The number of hydrogen-bond acceptors (Lipinski definition) is 4. The maximum absolute atomic E-state index is 5.07. The van der Waals surface area contributed by atoms with Crippen molar-refractivity contribution in [2.45, 2.75) is 13.1 Å². The molecule has 90 valence electrons. The number of aromatic nitrogens is 3. The highest BCUT2D eigenvalue weighted by Gasteiger charge is 1.99. The fraction of sp³-hybridized carbons (Fsp3) is 0.333. The summed E-state index contributed by atoms with van der Waals surface area (Å²) in [6.07, 6.45) is 1.93. The van der Waals surface area contributed by atoms with Crippen LogP contribution in [0.5, 0.6) is 5.88 Å². The first kappa shape index (κ1) is 11.6. The summed E-state index contributed by atoms with van der Waals surface area (Å²) in [7, 11) is 3.53. The molecule has 1 N–H and O–H groups in total. The maximum atomic E-state index is 5.07. The normalized spacial score (nSPS) is 10.5. The zero-order valence-corrected chi connectivity index (χ0v) is 10.1. The number of methoxy groups -OCH3 is 1. The van der Waals surface area contributed by atoms with Crippen LogP contribution in [0, 0.1) is 0 Å². The van der Waals surface area contributed by atoms with Crippen LogP contribution < -0.4 is 10.1 Å². The summed E-state index contributed by atoms with van der Waals surface area (Å²) in [6, 6.07) is 7.73. The lowest BCUT2D eigenvalue weighted by Gasteiger charge is -2.04. The smallest absolute Gasteiger partial charge is 0.213 e. The monoisotopic (exact) mass is 232 g/mol. The molecular formula is C12H16N4O. The Kier molecular flexibility index (Phi) is 3.72. The van der Waals surface area contributed by atoms with Crippen molar-refractivity contribution in [3.8, 4) is 5.88 Å². The lowest BCUT2D eigenvalue weighted by molar-refractivity contribution is 0.395. The van der Waals surface area contributed by atoms with Gasteiger partial charge in [-0.05, 0) is 12.1 Å². The Balaban J connectivity index is 1.85. The third-order valence-electron chi connectivity index (χ3n) is 2.37. The Bertz CT molecular complexity index is 481. The highest BCUT2D eigenvalue weighted by Crippen LogP contribution is 2.06. The fourth-order valence-electron chi connectivity index (χ4n) is 1.55. The van der Waals surface area contributed by atoms with E-state index < -0.39 is 0 Å². The standard InChI is InChI=1S/C12H16N4O/c1-16-7-6-11(15-16)9-13-8-10-4-3-5-12(14-10)17-2/h3-7,13H,8-9H2,1-2H3. The Morgan fingerprint density at radius 1 is 1.24 bits per heavy atom. The highest BCUT2D eigenvalue weighted by atomic mass is 16.5. The summed E-state index contributed by atoms with van der Waals surface area (Å²) in [5.41, 5.74) is 1.98. The lowest BCUT2D eigenvalue weighted by atomic mass is 10.3. The zero-order chi connectivity index (χ0) is 12.1. The second-order valence-corrected chi connectivity index (χ2v) is 3.76. The molecule has 0 aromatic carbocycles. The van der Waals surface area contributed by atoms with Crippen LogP contribution in [0.2, 0.25) is 0 Å². The van der Waals surface area contributed by atoms with Crippen LogP contribution >= 0.6 is 0 Å². The van der Waals surface area contributed by atoms with Gasteiger partial charge in [0.25, 0.3) is 0 Å². The van der Waals surface area contributed by atoms with E-state index in [0.717, 1.165) is 17.9 Å². The molecule has 5 nitrogen and oxygen atoms in total. The van der Waals surface area contributed by atoms with Gasteiger partial charge in [-0.25, -0.2) is 4.98 Å². The molecular weight excluding hydrogens is 216 g/mol. The molecule has 0 aliphatic carbocycles. The molecule has 0 radical (unpaired) electrons. The van der Waals surface area contributed by atoms with E-state index in [1.807, 2.05) is 37.5 Å². The van der Waals surface area contributed by atoms with E-state index in [4.69, 9.17) is 4.74 Å². The van der Waals surface area contributed by atoms with E-state index in [-0.39, 0.29) is 0 Å². The van der Waals surface area contributed by atoms with Crippen LogP contribution in [0.15, 0.2) is 30.5 Å². The van der Waals surface area contributed by atoms with Crippen molar-refractivity contribution in [2.75, 3.05) is 7.11 Å². The molecule has 0 aliphatic heterocycles. The number of hydrogen-bond donors (Lipinski definition) is 1. The van der Waals surface area contributed by atoms with E-state index >= 15 is 0 Å². The van der Waals surface area contributed by atoms with Gasteiger partial charge in [0.1, 0.15) is 0 Å². The topological polar surface area (TPSA) is 52.0 Å². The molecule has 2 rings (SSSR count). The first-order valence-corrected chi connectivity index (χ1v) is 5.47. The Morgan fingerprint density at radius 3 is 2.76 bits per heavy atom. The number of aryl methyl sites for hydroxylation is 1. The van der Waals surface area contributed by atoms with Crippen LogP contribution in [-0.4, -0.2) is 21.9 Å². The number of ether oxygens (including phenoxy) is 1. The lowest BCUT2D eigenvalue weighted by Crippen LogP contribution is -2.14. The van der Waals surface area contributed by atoms with Crippen LogP contribution in [0.3, 0.4) is 0 Å². The van der Waals surface area contributed by atoms with Gasteiger partial charge in [-0.2, -0.15) is 5.10 Å². The molecule has 0 saturated heterocycles. The summed E-state index contributed by atoms with van der Waals surface area (Å²) in [5, 5.41) is 7.57. The average Bonchev–Trinajstić information content (AvgIpc) is 2.75. The largest absolute Gasteiger partial charge is 0.481 e. The van der Waals surface area contributed by atoms with Crippen LogP contribution in [-0.2, 0) is 20.1 Å². The van der Waals surface area contributed by atoms with Crippen LogP contribution in [0.1, 0.15) is 11.4 Å². The predicted octanol–water partition coefficient (Wildman–Crippen LogP) is 1.11. The minimum Gasteiger partial charge on any atom is -0.481 e. The molecule has 0 saturated carbocycles. The molecule has 5 heteroatoms. The third-order valence-corrected chi connectivity index (χ3v) is 2.37. The van der Waals surface area contributed by atoms with Gasteiger partial charge >= 0.3 is 0 Å². The van der Waals surface area contributed by atoms with Gasteiger partial charge < -0.3 is 10.1 Å². The Labute approximate surface area is 100 Å². The SMILES string of the molecule is COc1cccc(CNCc2ccn(C)n2)n1. The third kappa shape index (κ3) is 3.29. The van der Waals surface area contributed by atoms with Crippen molar-refractivity contribution < 1.29 is 4.74 Å². The zero-order valence-electron chi connectivity index (χ0n) is 10.1. The number of rotatable bonds is 5. The summed E-state index contributed by atoms with van der Waals surface area (Å²) >= 11 is 0. The van der Waals surface area contributed by atoms with Crippen molar-refractivity contribution in [3.05, 3.63) is 41.9 Å². The van der Waals surface area contributed by atoms with E-state index in [0.29, 0.717) is 12.4 Å². The van der Waals surface area contributed by atoms with E-state index in [1.165, 1.54) is 0 Å². The van der Waals surface area contributed by atoms with Crippen molar-refractivity contribution in [1.82, 2.24) is 20.1 Å². The molecule has 0 aliphatic rings. The van der Waals surface area contributed by atoms with Gasteiger partial charge in [-0.1, -0.05) is 6.07 Å². The minimum absolute atomic E-state index is 0.641. The summed E-state index contributed by atoms with van der Waals surface area (Å²) in [6.45, 7) is 1.44. The van der Waals surface area contributed by atoms with Crippen LogP contribution in [0.4, 0.5) is 0 Å². The number of nitrogens with zero attached hydrogens (tertiary/aromatic N) is 3. The summed E-state index contributed by atoms with van der Waals surface area (Å²) in [4.78, 5) is 4.32. The van der Waals surface area contributed by atoms with Gasteiger partial charge in [-0.15, -0.1) is 0 Å². The summed E-state index contributed by atoms with van der Waals surface area (Å²) < 4.78 is 6.86. The van der Waals surface area contributed by atoms with Crippen molar-refractivity contribution >= 4 is 0 Å². The highest BCUT2D eigenvalue weighted by molar-refractivity contribution is 5.15. The maximum Gasteiger partial charge on any atom is 0.213 e. The quantitative estimate of drug-likeness (QED) is 0.839.